The van der Waals surface area contributed by atoms with Crippen LogP contribution in [0.5, 0.6) is 0 Å². The van der Waals surface area contributed by atoms with Crippen molar-refractivity contribution in [3.63, 3.8) is 0 Å². The van der Waals surface area contributed by atoms with E-state index < -0.39 is 9.84 Å². The van der Waals surface area contributed by atoms with E-state index in [1.165, 1.54) is 11.8 Å². The first-order chi connectivity index (χ1) is 10.0. The second-order valence-corrected chi connectivity index (χ2v) is 9.38. The minimum Gasteiger partial charge on any atom is -0.313 e. The van der Waals surface area contributed by atoms with E-state index in [-0.39, 0.29) is 5.25 Å². The fourth-order valence-corrected chi connectivity index (χ4v) is 5.21. The molecule has 3 nitrogen and oxygen atoms in total. The molecule has 1 aliphatic carbocycles. The van der Waals surface area contributed by atoms with Gasteiger partial charge in [-0.1, -0.05) is 13.3 Å². The molecule has 0 aliphatic heterocycles. The van der Waals surface area contributed by atoms with E-state index in [1.54, 1.807) is 11.3 Å². The Morgan fingerprint density at radius 2 is 2.24 bits per heavy atom. The zero-order chi connectivity index (χ0) is 15.3. The van der Waals surface area contributed by atoms with E-state index in [4.69, 9.17) is 0 Å². The number of sulfone groups is 1. The highest BCUT2D eigenvalue weighted by Gasteiger charge is 2.32. The summed E-state index contributed by atoms with van der Waals surface area (Å²) in [6.45, 7) is 3.18. The highest BCUT2D eigenvalue weighted by Crippen LogP contribution is 2.32. The zero-order valence-corrected chi connectivity index (χ0v) is 14.7. The Morgan fingerprint density at radius 3 is 2.86 bits per heavy atom. The average molecular weight is 330 g/mol. The van der Waals surface area contributed by atoms with Crippen LogP contribution >= 0.6 is 11.3 Å². The lowest BCUT2D eigenvalue weighted by Crippen LogP contribution is -2.42. The van der Waals surface area contributed by atoms with Gasteiger partial charge in [-0.05, 0) is 67.0 Å². The summed E-state index contributed by atoms with van der Waals surface area (Å²) in [6, 6.07) is 2.59. The molecule has 2 rings (SSSR count). The van der Waals surface area contributed by atoms with Crippen molar-refractivity contribution >= 4 is 21.2 Å². The molecule has 0 spiro atoms. The number of hydrogen-bond donors (Lipinski definition) is 1. The summed E-state index contributed by atoms with van der Waals surface area (Å²) < 4.78 is 23.7. The van der Waals surface area contributed by atoms with Gasteiger partial charge in [-0.2, -0.15) is 11.3 Å². The van der Waals surface area contributed by atoms with Gasteiger partial charge >= 0.3 is 0 Å². The van der Waals surface area contributed by atoms with Gasteiger partial charge in [0.1, 0.15) is 9.84 Å². The summed E-state index contributed by atoms with van der Waals surface area (Å²) in [7, 11) is -2.90. The van der Waals surface area contributed by atoms with Gasteiger partial charge in [0.05, 0.1) is 5.25 Å². The van der Waals surface area contributed by atoms with Gasteiger partial charge in [-0.25, -0.2) is 8.42 Å². The molecule has 0 amide bonds. The first kappa shape index (κ1) is 17.0. The second-order valence-electron chi connectivity index (χ2n) is 6.27. The summed E-state index contributed by atoms with van der Waals surface area (Å²) in [4.78, 5) is 0. The molecule has 0 radical (unpaired) electrons. The van der Waals surface area contributed by atoms with Crippen LogP contribution in [-0.4, -0.2) is 32.5 Å². The van der Waals surface area contributed by atoms with Gasteiger partial charge in [-0.15, -0.1) is 0 Å². The van der Waals surface area contributed by atoms with Crippen molar-refractivity contribution in [2.45, 2.75) is 56.7 Å². The summed E-state index contributed by atoms with van der Waals surface area (Å²) in [5, 5.41) is 7.85. The lowest BCUT2D eigenvalue weighted by molar-refractivity contribution is 0.268. The lowest BCUT2D eigenvalue weighted by atomic mass is 9.81. The van der Waals surface area contributed by atoms with E-state index in [9.17, 15) is 8.42 Å². The maximum absolute atomic E-state index is 11.9. The molecule has 0 saturated heterocycles. The quantitative estimate of drug-likeness (QED) is 0.835. The number of nitrogens with one attached hydrogen (secondary N) is 1. The average Bonchev–Trinajstić information content (AvgIpc) is 2.95. The van der Waals surface area contributed by atoms with Crippen LogP contribution in [0.1, 0.15) is 44.6 Å². The predicted octanol–water partition coefficient (Wildman–Crippen LogP) is 3.26. The third kappa shape index (κ3) is 5.08. The van der Waals surface area contributed by atoms with Crippen LogP contribution in [0.15, 0.2) is 16.8 Å². The van der Waals surface area contributed by atoms with Crippen LogP contribution < -0.4 is 5.32 Å². The largest absolute Gasteiger partial charge is 0.313 e. The minimum absolute atomic E-state index is 0.135. The van der Waals surface area contributed by atoms with Gasteiger partial charge in [0, 0.05) is 12.3 Å². The normalized spacial score (nSPS) is 24.9. The molecule has 3 unspecified atom stereocenters. The molecule has 1 heterocycles. The Bertz CT molecular complexity index is 510. The monoisotopic (exact) mass is 329 g/mol. The Morgan fingerprint density at radius 1 is 1.43 bits per heavy atom. The van der Waals surface area contributed by atoms with Crippen molar-refractivity contribution in [3.05, 3.63) is 22.4 Å². The van der Waals surface area contributed by atoms with E-state index >= 15 is 0 Å². The smallest absolute Gasteiger partial charge is 0.150 e. The van der Waals surface area contributed by atoms with Crippen molar-refractivity contribution < 1.29 is 8.42 Å². The van der Waals surface area contributed by atoms with Crippen LogP contribution in [-0.2, 0) is 16.3 Å². The Labute approximate surface area is 133 Å². The predicted molar refractivity (Wildman–Crippen MR) is 90.7 cm³/mol. The first-order valence-electron chi connectivity index (χ1n) is 7.94. The first-order valence-corrected chi connectivity index (χ1v) is 10.8. The molecule has 5 heteroatoms. The Balaban J connectivity index is 2.04. The molecule has 3 atom stereocenters. The zero-order valence-electron chi connectivity index (χ0n) is 13.0. The van der Waals surface area contributed by atoms with Crippen LogP contribution in [0.2, 0.25) is 0 Å². The van der Waals surface area contributed by atoms with Crippen LogP contribution in [0, 0.1) is 5.92 Å². The van der Waals surface area contributed by atoms with Crippen LogP contribution in [0.4, 0.5) is 0 Å². The fourth-order valence-electron chi connectivity index (χ4n) is 3.33. The van der Waals surface area contributed by atoms with Crippen molar-refractivity contribution in [1.82, 2.24) is 5.32 Å². The van der Waals surface area contributed by atoms with Crippen molar-refractivity contribution in [3.8, 4) is 0 Å². The number of thiophene rings is 1. The highest BCUT2D eigenvalue weighted by molar-refractivity contribution is 7.91. The van der Waals surface area contributed by atoms with E-state index in [1.807, 2.05) is 0 Å². The number of hydrogen-bond acceptors (Lipinski definition) is 4. The van der Waals surface area contributed by atoms with Crippen molar-refractivity contribution in [1.29, 1.82) is 0 Å². The second kappa shape index (κ2) is 7.75. The Hall–Kier alpha value is -0.390. The maximum Gasteiger partial charge on any atom is 0.150 e. The topological polar surface area (TPSA) is 46.2 Å². The van der Waals surface area contributed by atoms with E-state index in [0.29, 0.717) is 12.0 Å². The fraction of sp³-hybridized carbons (Fsp3) is 0.750. The molecule has 1 fully saturated rings. The molecule has 1 aromatic rings. The van der Waals surface area contributed by atoms with Crippen LogP contribution in [0.25, 0.3) is 0 Å². The van der Waals surface area contributed by atoms with Gasteiger partial charge in [0.2, 0.25) is 0 Å². The number of rotatable bonds is 7. The van der Waals surface area contributed by atoms with Gasteiger partial charge in [0.15, 0.2) is 0 Å². The summed E-state index contributed by atoms with van der Waals surface area (Å²) >= 11 is 1.73. The standard InChI is InChI=1S/C16H27NO2S2/c1-3-8-17-16(10-13-7-9-20-12-13)14-5-4-6-15(11-14)21(2,18)19/h7,9,12,14-17H,3-6,8,10-11H2,1-2H3. The van der Waals surface area contributed by atoms with Crippen molar-refractivity contribution in [2.24, 2.45) is 5.92 Å². The highest BCUT2D eigenvalue weighted by atomic mass is 32.2. The molecule has 1 aliphatic rings. The molecule has 1 N–H and O–H groups in total. The van der Waals surface area contributed by atoms with Gasteiger partial charge in [0.25, 0.3) is 0 Å². The molecule has 0 aromatic carbocycles. The molecular formula is C16H27NO2S2. The van der Waals surface area contributed by atoms with Gasteiger partial charge in [-0.3, -0.25) is 0 Å². The van der Waals surface area contributed by atoms with Gasteiger partial charge < -0.3 is 5.32 Å². The van der Waals surface area contributed by atoms with E-state index in [2.05, 4.69) is 29.1 Å². The molecule has 1 saturated carbocycles. The van der Waals surface area contributed by atoms with Crippen molar-refractivity contribution in [2.75, 3.05) is 12.8 Å². The molecule has 120 valence electrons. The third-order valence-electron chi connectivity index (χ3n) is 4.53. The van der Waals surface area contributed by atoms with Crippen LogP contribution in [0.3, 0.4) is 0 Å². The lowest BCUT2D eigenvalue weighted by Gasteiger charge is -2.34. The van der Waals surface area contributed by atoms with E-state index in [0.717, 1.165) is 45.1 Å². The maximum atomic E-state index is 11.9. The molecule has 0 bridgehead atoms. The Kier molecular flexibility index (Phi) is 6.26. The molecule has 1 aromatic heterocycles. The summed E-state index contributed by atoms with van der Waals surface area (Å²) in [5.74, 6) is 0.477. The summed E-state index contributed by atoms with van der Waals surface area (Å²) in [5.41, 5.74) is 1.37. The summed E-state index contributed by atoms with van der Waals surface area (Å²) in [6.07, 6.45) is 7.38. The molecule has 21 heavy (non-hydrogen) atoms. The SMILES string of the molecule is CCCNC(Cc1ccsc1)C1CCCC(S(C)(=O)=O)C1. The molecular weight excluding hydrogens is 302 g/mol. The third-order valence-corrected chi connectivity index (χ3v) is 6.90. The minimum atomic E-state index is -2.90.